The zero-order chi connectivity index (χ0) is 12.1. The number of carbonyl (C=O) groups is 1. The fraction of sp³-hybridized carbons (Fsp3) is 0.636. The fourth-order valence-electron chi connectivity index (χ4n) is 1.50. The Kier molecular flexibility index (Phi) is 4.34. The molecule has 90 valence electrons. The lowest BCUT2D eigenvalue weighted by molar-refractivity contribution is 0.0742. The van der Waals surface area contributed by atoms with Crippen molar-refractivity contribution in [2.24, 2.45) is 5.92 Å². The van der Waals surface area contributed by atoms with E-state index in [4.69, 9.17) is 5.73 Å². The number of nitrogen functional groups attached to an aromatic ring is 1. The number of carbonyl (C=O) groups excluding carboxylic acids is 1. The van der Waals surface area contributed by atoms with Crippen LogP contribution in [-0.2, 0) is 0 Å². The molecule has 0 bridgehead atoms. The van der Waals surface area contributed by atoms with Gasteiger partial charge in [0.25, 0.3) is 5.91 Å². The fourth-order valence-corrected chi connectivity index (χ4v) is 1.50. The Bertz CT molecular complexity index is 348. The molecule has 3 N–H and O–H groups in total. The van der Waals surface area contributed by atoms with Crippen LogP contribution >= 0.6 is 0 Å². The van der Waals surface area contributed by atoms with Crippen LogP contribution in [0, 0.1) is 5.92 Å². The average molecular weight is 224 g/mol. The number of hydrogen-bond donors (Lipinski definition) is 2. The highest BCUT2D eigenvalue weighted by atomic mass is 16.2. The number of nitrogens with two attached hydrogens (primary N) is 1. The van der Waals surface area contributed by atoms with Gasteiger partial charge in [-0.2, -0.15) is 5.10 Å². The zero-order valence-corrected chi connectivity index (χ0v) is 10.2. The number of aromatic amines is 1. The van der Waals surface area contributed by atoms with Crippen LogP contribution in [-0.4, -0.2) is 34.1 Å². The highest BCUT2D eigenvalue weighted by molar-refractivity contribution is 5.98. The summed E-state index contributed by atoms with van der Waals surface area (Å²) in [5, 5.41) is 6.34. The first-order chi connectivity index (χ1) is 7.60. The Morgan fingerprint density at radius 3 is 2.75 bits per heavy atom. The second-order valence-corrected chi connectivity index (χ2v) is 4.05. The summed E-state index contributed by atoms with van der Waals surface area (Å²) in [6.45, 7) is 7.67. The van der Waals surface area contributed by atoms with Crippen LogP contribution in [0.5, 0.6) is 0 Å². The van der Waals surface area contributed by atoms with Gasteiger partial charge in [-0.15, -0.1) is 0 Å². The molecule has 16 heavy (non-hydrogen) atoms. The van der Waals surface area contributed by atoms with Crippen molar-refractivity contribution in [1.82, 2.24) is 15.1 Å². The van der Waals surface area contributed by atoms with Crippen LogP contribution in [0.15, 0.2) is 6.20 Å². The zero-order valence-electron chi connectivity index (χ0n) is 10.2. The molecular formula is C11H20N4O. The van der Waals surface area contributed by atoms with E-state index in [2.05, 4.69) is 24.0 Å². The predicted molar refractivity (Wildman–Crippen MR) is 64.0 cm³/mol. The van der Waals surface area contributed by atoms with Crippen molar-refractivity contribution in [1.29, 1.82) is 0 Å². The van der Waals surface area contributed by atoms with Gasteiger partial charge >= 0.3 is 0 Å². The van der Waals surface area contributed by atoms with E-state index in [9.17, 15) is 4.79 Å². The number of amides is 1. The molecule has 0 aromatic carbocycles. The van der Waals surface area contributed by atoms with Crippen molar-refractivity contribution >= 4 is 11.7 Å². The molecule has 1 aromatic heterocycles. The van der Waals surface area contributed by atoms with E-state index in [1.165, 1.54) is 6.20 Å². The minimum absolute atomic E-state index is 0.0472. The molecule has 0 saturated heterocycles. The van der Waals surface area contributed by atoms with Crippen LogP contribution in [0.4, 0.5) is 5.82 Å². The summed E-state index contributed by atoms with van der Waals surface area (Å²) in [6, 6.07) is 0. The number of aromatic nitrogens is 2. The van der Waals surface area contributed by atoms with E-state index in [1.54, 1.807) is 4.90 Å². The van der Waals surface area contributed by atoms with Gasteiger partial charge in [0, 0.05) is 13.1 Å². The number of anilines is 1. The molecule has 0 saturated carbocycles. The van der Waals surface area contributed by atoms with Crippen molar-refractivity contribution in [2.45, 2.75) is 27.2 Å². The molecule has 5 heteroatoms. The maximum atomic E-state index is 12.1. The molecule has 1 rings (SSSR count). The summed E-state index contributed by atoms with van der Waals surface area (Å²) in [5.41, 5.74) is 6.09. The minimum Gasteiger partial charge on any atom is -0.383 e. The smallest absolute Gasteiger partial charge is 0.259 e. The third-order valence-corrected chi connectivity index (χ3v) is 2.80. The first-order valence-corrected chi connectivity index (χ1v) is 5.68. The highest BCUT2D eigenvalue weighted by Crippen LogP contribution is 2.12. The Labute approximate surface area is 96.0 Å². The molecule has 0 radical (unpaired) electrons. The van der Waals surface area contributed by atoms with Crippen LogP contribution < -0.4 is 5.73 Å². The molecule has 0 aliphatic carbocycles. The number of nitrogens with one attached hydrogen (secondary N) is 1. The van der Waals surface area contributed by atoms with E-state index in [1.807, 2.05) is 6.92 Å². The molecule has 0 aliphatic rings. The van der Waals surface area contributed by atoms with Crippen molar-refractivity contribution < 1.29 is 4.79 Å². The third-order valence-electron chi connectivity index (χ3n) is 2.80. The van der Waals surface area contributed by atoms with Crippen LogP contribution in [0.25, 0.3) is 0 Å². The van der Waals surface area contributed by atoms with E-state index < -0.39 is 0 Å². The van der Waals surface area contributed by atoms with Gasteiger partial charge < -0.3 is 10.6 Å². The van der Waals surface area contributed by atoms with Gasteiger partial charge in [0.2, 0.25) is 0 Å². The first-order valence-electron chi connectivity index (χ1n) is 5.68. The van der Waals surface area contributed by atoms with Gasteiger partial charge in [-0.1, -0.05) is 20.3 Å². The Hall–Kier alpha value is -1.52. The quantitative estimate of drug-likeness (QED) is 0.795. The minimum atomic E-state index is -0.0472. The van der Waals surface area contributed by atoms with Crippen molar-refractivity contribution in [3.63, 3.8) is 0 Å². The Morgan fingerprint density at radius 1 is 1.62 bits per heavy atom. The SMILES string of the molecule is CCC(C)CN(CC)C(=O)c1cn[nH]c1N. The number of H-pyrrole nitrogens is 1. The van der Waals surface area contributed by atoms with Crippen LogP contribution in [0.3, 0.4) is 0 Å². The van der Waals surface area contributed by atoms with Crippen molar-refractivity contribution in [2.75, 3.05) is 18.8 Å². The molecule has 0 fully saturated rings. The summed E-state index contributed by atoms with van der Waals surface area (Å²) < 4.78 is 0. The van der Waals surface area contributed by atoms with E-state index in [0.29, 0.717) is 23.8 Å². The first kappa shape index (κ1) is 12.5. The summed E-state index contributed by atoms with van der Waals surface area (Å²) in [7, 11) is 0. The third kappa shape index (κ3) is 2.74. The van der Waals surface area contributed by atoms with Crippen LogP contribution in [0.2, 0.25) is 0 Å². The van der Waals surface area contributed by atoms with E-state index >= 15 is 0 Å². The number of rotatable bonds is 5. The van der Waals surface area contributed by atoms with Gasteiger partial charge in [-0.05, 0) is 12.8 Å². The number of hydrogen-bond acceptors (Lipinski definition) is 3. The molecule has 0 aliphatic heterocycles. The molecule has 1 atom stereocenters. The van der Waals surface area contributed by atoms with Crippen molar-refractivity contribution in [3.05, 3.63) is 11.8 Å². The molecular weight excluding hydrogens is 204 g/mol. The molecule has 1 heterocycles. The van der Waals surface area contributed by atoms with Crippen LogP contribution in [0.1, 0.15) is 37.6 Å². The maximum Gasteiger partial charge on any atom is 0.259 e. The topological polar surface area (TPSA) is 75.0 Å². The predicted octanol–water partition coefficient (Wildman–Crippen LogP) is 1.50. The summed E-state index contributed by atoms with van der Waals surface area (Å²) in [4.78, 5) is 13.9. The Balaban J connectivity index is 2.74. The van der Waals surface area contributed by atoms with Crippen molar-refractivity contribution in [3.8, 4) is 0 Å². The number of nitrogens with zero attached hydrogens (tertiary/aromatic N) is 2. The lowest BCUT2D eigenvalue weighted by atomic mass is 10.1. The average Bonchev–Trinajstić information content (AvgIpc) is 2.71. The molecule has 1 aromatic rings. The molecule has 5 nitrogen and oxygen atoms in total. The summed E-state index contributed by atoms with van der Waals surface area (Å²) in [6.07, 6.45) is 2.54. The maximum absolute atomic E-state index is 12.1. The van der Waals surface area contributed by atoms with Gasteiger partial charge in [0.05, 0.1) is 6.20 Å². The van der Waals surface area contributed by atoms with Gasteiger partial charge in [0.15, 0.2) is 0 Å². The van der Waals surface area contributed by atoms with Gasteiger partial charge in [-0.3, -0.25) is 9.89 Å². The standard InChI is InChI=1S/C11H20N4O/c1-4-8(3)7-15(5-2)11(16)9-6-13-14-10(9)12/h6,8H,4-5,7H2,1-3H3,(H3,12,13,14). The van der Waals surface area contributed by atoms with E-state index in [0.717, 1.165) is 13.0 Å². The highest BCUT2D eigenvalue weighted by Gasteiger charge is 2.19. The second-order valence-electron chi connectivity index (χ2n) is 4.05. The largest absolute Gasteiger partial charge is 0.383 e. The lowest BCUT2D eigenvalue weighted by Crippen LogP contribution is -2.34. The van der Waals surface area contributed by atoms with E-state index in [-0.39, 0.29) is 5.91 Å². The lowest BCUT2D eigenvalue weighted by Gasteiger charge is -2.23. The normalized spacial score (nSPS) is 12.4. The van der Waals surface area contributed by atoms with Gasteiger partial charge in [0.1, 0.15) is 11.4 Å². The molecule has 1 amide bonds. The second kappa shape index (κ2) is 5.53. The Morgan fingerprint density at radius 2 is 2.31 bits per heavy atom. The summed E-state index contributed by atoms with van der Waals surface area (Å²) >= 11 is 0. The summed E-state index contributed by atoms with van der Waals surface area (Å²) in [5.74, 6) is 0.790. The monoisotopic (exact) mass is 224 g/mol. The molecule has 1 unspecified atom stereocenters. The van der Waals surface area contributed by atoms with Gasteiger partial charge in [-0.25, -0.2) is 0 Å². The molecule has 0 spiro atoms.